The van der Waals surface area contributed by atoms with Gasteiger partial charge in [-0.1, -0.05) is 18.2 Å². The number of hydrogen-bond donors (Lipinski definition) is 4. The highest BCUT2D eigenvalue weighted by atomic mass is 16.3. The van der Waals surface area contributed by atoms with Crippen LogP contribution in [0.4, 0.5) is 0 Å². The maximum Gasteiger partial charge on any atom is 0.255 e. The Morgan fingerprint density at radius 2 is 1.70 bits per heavy atom. The van der Waals surface area contributed by atoms with E-state index in [1.54, 1.807) is 18.2 Å². The molecule has 0 unspecified atom stereocenters. The van der Waals surface area contributed by atoms with Gasteiger partial charge in [0.1, 0.15) is 5.75 Å². The molecule has 1 amide bonds. The summed E-state index contributed by atoms with van der Waals surface area (Å²) in [5.41, 5.74) is 1.01. The van der Waals surface area contributed by atoms with Gasteiger partial charge in [-0.2, -0.15) is 0 Å². The Balaban J connectivity index is 1.91. The van der Waals surface area contributed by atoms with Gasteiger partial charge in [-0.3, -0.25) is 4.79 Å². The lowest BCUT2D eigenvalue weighted by Gasteiger charge is -2.07. The topological polar surface area (TPSA) is 89.8 Å². The van der Waals surface area contributed by atoms with Crippen LogP contribution in [-0.4, -0.2) is 27.8 Å². The van der Waals surface area contributed by atoms with Crippen molar-refractivity contribution < 1.29 is 20.1 Å². The summed E-state index contributed by atoms with van der Waals surface area (Å²) in [6.45, 7) is 0.359. The monoisotopic (exact) mass is 273 g/mol. The van der Waals surface area contributed by atoms with Crippen molar-refractivity contribution in [3.05, 3.63) is 53.6 Å². The molecule has 5 heteroatoms. The minimum Gasteiger partial charge on any atom is -0.507 e. The van der Waals surface area contributed by atoms with Crippen molar-refractivity contribution >= 4 is 5.91 Å². The van der Waals surface area contributed by atoms with E-state index in [1.807, 2.05) is 0 Å². The zero-order valence-electron chi connectivity index (χ0n) is 10.7. The maximum absolute atomic E-state index is 11.8. The Morgan fingerprint density at radius 1 is 0.950 bits per heavy atom. The summed E-state index contributed by atoms with van der Waals surface area (Å²) in [6, 6.07) is 10.8. The zero-order chi connectivity index (χ0) is 14.5. The minimum atomic E-state index is -0.355. The van der Waals surface area contributed by atoms with Gasteiger partial charge in [0.05, 0.1) is 5.56 Å². The number of nitrogens with one attached hydrogen (secondary N) is 1. The molecule has 0 atom stereocenters. The van der Waals surface area contributed by atoms with Crippen molar-refractivity contribution in [1.82, 2.24) is 5.32 Å². The van der Waals surface area contributed by atoms with Gasteiger partial charge in [0, 0.05) is 6.54 Å². The quantitative estimate of drug-likeness (QED) is 0.639. The number of hydrogen-bond acceptors (Lipinski definition) is 4. The predicted octanol–water partition coefficient (Wildman–Crippen LogP) is 1.78. The van der Waals surface area contributed by atoms with E-state index < -0.39 is 0 Å². The molecule has 2 aromatic rings. The van der Waals surface area contributed by atoms with E-state index in [2.05, 4.69) is 5.32 Å². The molecule has 0 aliphatic carbocycles. The van der Waals surface area contributed by atoms with Crippen molar-refractivity contribution in [2.75, 3.05) is 6.54 Å². The number of benzene rings is 2. The van der Waals surface area contributed by atoms with Gasteiger partial charge < -0.3 is 20.6 Å². The summed E-state index contributed by atoms with van der Waals surface area (Å²) >= 11 is 0. The first-order valence-electron chi connectivity index (χ1n) is 6.15. The summed E-state index contributed by atoms with van der Waals surface area (Å²) in [5, 5.41) is 30.8. The molecular formula is C15H15NO4. The maximum atomic E-state index is 11.8. The van der Waals surface area contributed by atoms with Crippen LogP contribution in [0, 0.1) is 0 Å². The second-order valence-corrected chi connectivity index (χ2v) is 4.35. The van der Waals surface area contributed by atoms with Crippen LogP contribution in [0.3, 0.4) is 0 Å². The number of carbonyl (C=O) groups is 1. The molecule has 2 rings (SSSR count). The second-order valence-electron chi connectivity index (χ2n) is 4.35. The second kappa shape index (κ2) is 5.97. The van der Waals surface area contributed by atoms with Crippen LogP contribution < -0.4 is 5.32 Å². The summed E-state index contributed by atoms with van der Waals surface area (Å²) in [5.74, 6) is -0.778. The number of phenolic OH excluding ortho intramolecular Hbond substituents is 3. The first-order valence-corrected chi connectivity index (χ1v) is 6.15. The van der Waals surface area contributed by atoms with E-state index in [-0.39, 0.29) is 28.7 Å². The molecule has 0 aromatic heterocycles. The highest BCUT2D eigenvalue weighted by Crippen LogP contribution is 2.24. The predicted molar refractivity (Wildman–Crippen MR) is 73.9 cm³/mol. The largest absolute Gasteiger partial charge is 0.507 e. The molecule has 0 saturated heterocycles. The summed E-state index contributed by atoms with van der Waals surface area (Å²) in [4.78, 5) is 11.8. The Hall–Kier alpha value is -2.69. The van der Waals surface area contributed by atoms with Crippen LogP contribution in [0.5, 0.6) is 17.2 Å². The van der Waals surface area contributed by atoms with Gasteiger partial charge in [0.25, 0.3) is 5.91 Å². The molecule has 20 heavy (non-hydrogen) atoms. The average Bonchev–Trinajstić information content (AvgIpc) is 2.43. The lowest BCUT2D eigenvalue weighted by Crippen LogP contribution is -2.25. The number of aromatic hydroxyl groups is 3. The van der Waals surface area contributed by atoms with Crippen molar-refractivity contribution in [1.29, 1.82) is 0 Å². The Morgan fingerprint density at radius 3 is 2.40 bits per heavy atom. The molecule has 0 spiro atoms. The van der Waals surface area contributed by atoms with E-state index in [1.165, 1.54) is 24.3 Å². The van der Waals surface area contributed by atoms with Crippen LogP contribution in [0.25, 0.3) is 0 Å². The Kier molecular flexibility index (Phi) is 4.10. The van der Waals surface area contributed by atoms with Crippen LogP contribution in [0.1, 0.15) is 15.9 Å². The number of amides is 1. The third-order valence-corrected chi connectivity index (χ3v) is 2.89. The number of phenols is 3. The van der Waals surface area contributed by atoms with Crippen molar-refractivity contribution in [3.8, 4) is 17.2 Å². The lowest BCUT2D eigenvalue weighted by molar-refractivity contribution is 0.0951. The average molecular weight is 273 g/mol. The fourth-order valence-electron chi connectivity index (χ4n) is 1.81. The Labute approximate surface area is 116 Å². The van der Waals surface area contributed by atoms with E-state index in [0.29, 0.717) is 13.0 Å². The van der Waals surface area contributed by atoms with Gasteiger partial charge in [-0.05, 0) is 36.2 Å². The molecule has 0 bridgehead atoms. The third kappa shape index (κ3) is 3.20. The third-order valence-electron chi connectivity index (χ3n) is 2.89. The lowest BCUT2D eigenvalue weighted by atomic mass is 10.1. The zero-order valence-corrected chi connectivity index (χ0v) is 10.7. The molecule has 0 aliphatic rings. The van der Waals surface area contributed by atoms with E-state index in [0.717, 1.165) is 5.56 Å². The standard InChI is InChI=1S/C15H15NO4/c17-12-4-2-1-3-11(12)15(20)16-8-7-10-5-6-13(18)14(19)9-10/h1-6,9,17-19H,7-8H2,(H,16,20). The molecule has 0 heterocycles. The van der Waals surface area contributed by atoms with E-state index >= 15 is 0 Å². The number of carbonyl (C=O) groups excluding carboxylic acids is 1. The fourth-order valence-corrected chi connectivity index (χ4v) is 1.81. The highest BCUT2D eigenvalue weighted by Gasteiger charge is 2.09. The SMILES string of the molecule is O=C(NCCc1ccc(O)c(O)c1)c1ccccc1O. The summed E-state index contributed by atoms with van der Waals surface area (Å²) in [7, 11) is 0. The van der Waals surface area contributed by atoms with E-state index in [4.69, 9.17) is 0 Å². The Bertz CT molecular complexity index is 625. The van der Waals surface area contributed by atoms with Crippen LogP contribution in [0.2, 0.25) is 0 Å². The smallest absolute Gasteiger partial charge is 0.255 e. The van der Waals surface area contributed by atoms with E-state index in [9.17, 15) is 20.1 Å². The first-order chi connectivity index (χ1) is 9.58. The number of rotatable bonds is 4. The van der Waals surface area contributed by atoms with Crippen LogP contribution in [-0.2, 0) is 6.42 Å². The van der Waals surface area contributed by atoms with Crippen LogP contribution in [0.15, 0.2) is 42.5 Å². The minimum absolute atomic E-state index is 0.0627. The van der Waals surface area contributed by atoms with Gasteiger partial charge in [0.2, 0.25) is 0 Å². The van der Waals surface area contributed by atoms with Gasteiger partial charge in [-0.15, -0.1) is 0 Å². The first kappa shape index (κ1) is 13.7. The molecule has 0 fully saturated rings. The molecule has 0 aliphatic heterocycles. The van der Waals surface area contributed by atoms with Crippen molar-refractivity contribution in [2.24, 2.45) is 0 Å². The molecule has 0 saturated carbocycles. The molecule has 2 aromatic carbocycles. The molecule has 4 N–H and O–H groups in total. The van der Waals surface area contributed by atoms with Gasteiger partial charge in [-0.25, -0.2) is 0 Å². The van der Waals surface area contributed by atoms with Gasteiger partial charge in [0.15, 0.2) is 11.5 Å². The van der Waals surface area contributed by atoms with Crippen LogP contribution >= 0.6 is 0 Å². The highest BCUT2D eigenvalue weighted by molar-refractivity contribution is 5.96. The van der Waals surface area contributed by atoms with Gasteiger partial charge >= 0.3 is 0 Å². The summed E-state index contributed by atoms with van der Waals surface area (Å²) in [6.07, 6.45) is 0.507. The number of para-hydroxylation sites is 1. The summed E-state index contributed by atoms with van der Waals surface area (Å²) < 4.78 is 0. The molecular weight excluding hydrogens is 258 g/mol. The fraction of sp³-hybridized carbons (Fsp3) is 0.133. The van der Waals surface area contributed by atoms with Crippen molar-refractivity contribution in [2.45, 2.75) is 6.42 Å². The molecule has 5 nitrogen and oxygen atoms in total. The van der Waals surface area contributed by atoms with Crippen molar-refractivity contribution in [3.63, 3.8) is 0 Å². The molecule has 0 radical (unpaired) electrons. The molecule has 104 valence electrons. The normalized spacial score (nSPS) is 10.2.